The number of carbonyl (C=O) groups excluding carboxylic acids is 1. The lowest BCUT2D eigenvalue weighted by Gasteiger charge is -2.17. The first-order chi connectivity index (χ1) is 9.79. The van der Waals surface area contributed by atoms with Crippen molar-refractivity contribution in [1.82, 2.24) is 4.90 Å². The molecule has 0 atom stereocenters. The van der Waals surface area contributed by atoms with Crippen LogP contribution in [0.2, 0.25) is 5.02 Å². The largest absolute Gasteiger partial charge is 0.481 e. The molecule has 0 aliphatic rings. The molecule has 0 aliphatic heterocycles. The lowest BCUT2D eigenvalue weighted by Crippen LogP contribution is -2.33. The molecule has 0 aliphatic carbocycles. The molecule has 0 aromatic heterocycles. The van der Waals surface area contributed by atoms with Gasteiger partial charge < -0.3 is 20.1 Å². The van der Waals surface area contributed by atoms with Gasteiger partial charge in [-0.1, -0.05) is 11.6 Å². The lowest BCUT2D eigenvalue weighted by molar-refractivity contribution is -0.137. The zero-order valence-electron chi connectivity index (χ0n) is 11.0. The van der Waals surface area contributed by atoms with Gasteiger partial charge in [-0.2, -0.15) is 8.78 Å². The molecule has 0 spiro atoms. The topological polar surface area (TPSA) is 78.9 Å². The number of hydrogen-bond acceptors (Lipinski definition) is 3. The highest BCUT2D eigenvalue weighted by atomic mass is 35.5. The molecular weight excluding hydrogens is 310 g/mol. The molecule has 116 valence electrons. The highest BCUT2D eigenvalue weighted by molar-refractivity contribution is 6.32. The Kier molecular flexibility index (Phi) is 6.16. The van der Waals surface area contributed by atoms with Crippen LogP contribution in [-0.4, -0.2) is 42.2 Å². The first kappa shape index (κ1) is 17.0. The average molecular weight is 323 g/mol. The molecule has 0 saturated carbocycles. The number of alkyl halides is 2. The number of urea groups is 1. The van der Waals surface area contributed by atoms with E-state index in [2.05, 4.69) is 10.1 Å². The van der Waals surface area contributed by atoms with E-state index in [-0.39, 0.29) is 29.4 Å². The molecule has 0 heterocycles. The first-order valence-electron chi connectivity index (χ1n) is 5.78. The second-order valence-corrected chi connectivity index (χ2v) is 4.43. The molecule has 0 radical (unpaired) electrons. The van der Waals surface area contributed by atoms with Gasteiger partial charge in [-0.3, -0.25) is 4.79 Å². The highest BCUT2D eigenvalue weighted by Crippen LogP contribution is 2.29. The van der Waals surface area contributed by atoms with Crippen molar-refractivity contribution in [3.63, 3.8) is 0 Å². The summed E-state index contributed by atoms with van der Waals surface area (Å²) in [5, 5.41) is 10.9. The summed E-state index contributed by atoms with van der Waals surface area (Å²) < 4.78 is 28.5. The summed E-state index contributed by atoms with van der Waals surface area (Å²) in [6.45, 7) is -3.03. The van der Waals surface area contributed by atoms with Crippen molar-refractivity contribution in [3.05, 3.63) is 23.2 Å². The molecule has 21 heavy (non-hydrogen) atoms. The number of hydrogen-bond donors (Lipinski definition) is 2. The van der Waals surface area contributed by atoms with Crippen LogP contribution in [0.25, 0.3) is 0 Å². The third kappa shape index (κ3) is 5.82. The van der Waals surface area contributed by atoms with Gasteiger partial charge in [-0.25, -0.2) is 4.79 Å². The third-order valence-corrected chi connectivity index (χ3v) is 2.72. The third-order valence-electron chi connectivity index (χ3n) is 2.41. The predicted octanol–water partition coefficient (Wildman–Crippen LogP) is 2.88. The zero-order valence-corrected chi connectivity index (χ0v) is 11.7. The number of benzene rings is 1. The number of nitrogens with one attached hydrogen (secondary N) is 1. The summed E-state index contributed by atoms with van der Waals surface area (Å²) in [5.74, 6) is -1.30. The molecule has 9 heteroatoms. The Labute approximate surface area is 124 Å². The van der Waals surface area contributed by atoms with Crippen molar-refractivity contribution in [2.24, 2.45) is 0 Å². The van der Waals surface area contributed by atoms with Crippen LogP contribution < -0.4 is 10.1 Å². The summed E-state index contributed by atoms with van der Waals surface area (Å²) in [7, 11) is 1.41. The minimum Gasteiger partial charge on any atom is -0.481 e. The Morgan fingerprint density at radius 3 is 2.71 bits per heavy atom. The molecule has 0 bridgehead atoms. The van der Waals surface area contributed by atoms with Crippen LogP contribution >= 0.6 is 11.6 Å². The van der Waals surface area contributed by atoms with Gasteiger partial charge in [0, 0.05) is 25.3 Å². The SMILES string of the molecule is CN(CCC(=O)O)C(=O)Nc1ccc(Cl)c(OC(F)F)c1. The van der Waals surface area contributed by atoms with Gasteiger partial charge in [0.05, 0.1) is 11.4 Å². The van der Waals surface area contributed by atoms with Gasteiger partial charge in [0.2, 0.25) is 0 Å². The number of aliphatic carboxylic acids is 1. The number of carboxylic acids is 1. The van der Waals surface area contributed by atoms with Gasteiger partial charge in [-0.15, -0.1) is 0 Å². The molecule has 0 fully saturated rings. The second-order valence-electron chi connectivity index (χ2n) is 4.02. The normalized spacial score (nSPS) is 10.3. The van der Waals surface area contributed by atoms with Crippen LogP contribution in [0.3, 0.4) is 0 Å². The number of halogens is 3. The van der Waals surface area contributed by atoms with E-state index in [1.165, 1.54) is 19.2 Å². The Morgan fingerprint density at radius 2 is 2.14 bits per heavy atom. The fourth-order valence-corrected chi connectivity index (χ4v) is 1.51. The maximum Gasteiger partial charge on any atom is 0.387 e. The Balaban J connectivity index is 2.69. The van der Waals surface area contributed by atoms with Crippen molar-refractivity contribution in [3.8, 4) is 5.75 Å². The lowest BCUT2D eigenvalue weighted by atomic mass is 10.3. The van der Waals surface area contributed by atoms with Crippen LogP contribution in [0.1, 0.15) is 6.42 Å². The van der Waals surface area contributed by atoms with Crippen LogP contribution in [0.4, 0.5) is 19.3 Å². The monoisotopic (exact) mass is 322 g/mol. The summed E-state index contributed by atoms with van der Waals surface area (Å²) in [6.07, 6.45) is -0.204. The van der Waals surface area contributed by atoms with E-state index in [0.717, 1.165) is 11.0 Å². The van der Waals surface area contributed by atoms with Crippen molar-refractivity contribution in [2.45, 2.75) is 13.0 Å². The number of rotatable bonds is 6. The average Bonchev–Trinajstić information content (AvgIpc) is 2.39. The quantitative estimate of drug-likeness (QED) is 0.844. The van der Waals surface area contributed by atoms with E-state index < -0.39 is 18.6 Å². The fraction of sp³-hybridized carbons (Fsp3) is 0.333. The van der Waals surface area contributed by atoms with E-state index in [1.807, 2.05) is 0 Å². The Hall–Kier alpha value is -2.09. The minimum atomic E-state index is -3.04. The molecular formula is C12H13ClF2N2O4. The van der Waals surface area contributed by atoms with Crippen LogP contribution in [0.15, 0.2) is 18.2 Å². The van der Waals surface area contributed by atoms with E-state index in [4.69, 9.17) is 16.7 Å². The van der Waals surface area contributed by atoms with Crippen molar-refractivity contribution in [1.29, 1.82) is 0 Å². The minimum absolute atomic E-state index is 0.00908. The van der Waals surface area contributed by atoms with Crippen LogP contribution in [0, 0.1) is 0 Å². The summed E-state index contributed by atoms with van der Waals surface area (Å²) >= 11 is 5.68. The molecule has 1 aromatic rings. The van der Waals surface area contributed by atoms with Gasteiger partial charge in [-0.05, 0) is 12.1 Å². The highest BCUT2D eigenvalue weighted by Gasteiger charge is 2.13. The van der Waals surface area contributed by atoms with Gasteiger partial charge in [0.1, 0.15) is 5.75 Å². The fourth-order valence-electron chi connectivity index (χ4n) is 1.35. The molecule has 6 nitrogen and oxygen atoms in total. The number of carbonyl (C=O) groups is 2. The van der Waals surface area contributed by atoms with E-state index in [9.17, 15) is 18.4 Å². The molecule has 2 N–H and O–H groups in total. The standard InChI is InChI=1S/C12H13ClF2N2O4/c1-17(5-4-10(18)19)12(20)16-7-2-3-8(13)9(6-7)21-11(14)15/h2-3,6,11H,4-5H2,1H3,(H,16,20)(H,18,19). The predicted molar refractivity (Wildman–Crippen MR) is 72.0 cm³/mol. The van der Waals surface area contributed by atoms with Crippen LogP contribution in [-0.2, 0) is 4.79 Å². The molecule has 1 aromatic carbocycles. The number of nitrogens with zero attached hydrogens (tertiary/aromatic N) is 1. The van der Waals surface area contributed by atoms with Crippen LogP contribution in [0.5, 0.6) is 5.75 Å². The number of anilines is 1. The van der Waals surface area contributed by atoms with Gasteiger partial charge >= 0.3 is 18.6 Å². The van der Waals surface area contributed by atoms with Crippen molar-refractivity contribution in [2.75, 3.05) is 18.9 Å². The summed E-state index contributed by atoms with van der Waals surface area (Å²) in [6, 6.07) is 3.27. The van der Waals surface area contributed by atoms with E-state index >= 15 is 0 Å². The second kappa shape index (κ2) is 7.63. The summed E-state index contributed by atoms with van der Waals surface area (Å²) in [5.41, 5.74) is 0.197. The Morgan fingerprint density at radius 1 is 1.48 bits per heavy atom. The number of ether oxygens (including phenoxy) is 1. The number of amides is 2. The Bertz CT molecular complexity index is 528. The zero-order chi connectivity index (χ0) is 16.0. The maximum atomic E-state index is 12.2. The maximum absolute atomic E-state index is 12.2. The molecule has 1 rings (SSSR count). The number of carboxylic acid groups (broad SMARTS) is 1. The van der Waals surface area contributed by atoms with Gasteiger partial charge in [0.25, 0.3) is 0 Å². The first-order valence-corrected chi connectivity index (χ1v) is 6.15. The van der Waals surface area contributed by atoms with Crippen molar-refractivity contribution < 1.29 is 28.2 Å². The van der Waals surface area contributed by atoms with Gasteiger partial charge in [0.15, 0.2) is 0 Å². The molecule has 0 unspecified atom stereocenters. The molecule has 2 amide bonds. The van der Waals surface area contributed by atoms with Crippen molar-refractivity contribution >= 4 is 29.3 Å². The smallest absolute Gasteiger partial charge is 0.387 e. The molecule has 0 saturated heterocycles. The summed E-state index contributed by atoms with van der Waals surface area (Å²) in [4.78, 5) is 23.3. The van der Waals surface area contributed by atoms with E-state index in [1.54, 1.807) is 0 Å². The van der Waals surface area contributed by atoms with E-state index in [0.29, 0.717) is 0 Å².